The van der Waals surface area contributed by atoms with E-state index in [9.17, 15) is 9.59 Å². The van der Waals surface area contributed by atoms with Crippen molar-refractivity contribution in [2.24, 2.45) is 0 Å². The van der Waals surface area contributed by atoms with Crippen LogP contribution in [0.5, 0.6) is 5.75 Å². The first-order valence-corrected chi connectivity index (χ1v) is 14.0. The summed E-state index contributed by atoms with van der Waals surface area (Å²) in [4.78, 5) is 22.9. The molecule has 1 aromatic carbocycles. The third-order valence-electron chi connectivity index (χ3n) is 2.59. The van der Waals surface area contributed by atoms with Crippen LogP contribution < -0.4 is 9.09 Å². The van der Waals surface area contributed by atoms with Gasteiger partial charge >= 0.3 is 123 Å². The van der Waals surface area contributed by atoms with E-state index in [0.717, 1.165) is 10.1 Å². The van der Waals surface area contributed by atoms with Crippen LogP contribution in [0.3, 0.4) is 0 Å². The van der Waals surface area contributed by atoms with Crippen LogP contribution in [0.1, 0.15) is 0 Å². The Bertz CT molecular complexity index is 442. The fourth-order valence-corrected chi connectivity index (χ4v) is 10.6. The van der Waals surface area contributed by atoms with Crippen molar-refractivity contribution in [2.75, 3.05) is 7.11 Å². The van der Waals surface area contributed by atoms with Crippen LogP contribution >= 0.6 is 0 Å². The maximum atomic E-state index is 11.9. The van der Waals surface area contributed by atoms with Crippen molar-refractivity contribution in [3.63, 3.8) is 0 Å². The molecule has 6 heteroatoms. The molecule has 0 aromatic heterocycles. The van der Waals surface area contributed by atoms with Crippen molar-refractivity contribution in [3.05, 3.63) is 24.3 Å². The van der Waals surface area contributed by atoms with Crippen LogP contribution in [0.2, 0.25) is 21.8 Å². The summed E-state index contributed by atoms with van der Waals surface area (Å²) in [5.74, 6) is -0.0621. The molecule has 0 amide bonds. The van der Waals surface area contributed by atoms with E-state index in [0.29, 0.717) is 9.78 Å². The molecule has 0 saturated heterocycles. The van der Waals surface area contributed by atoms with Crippen LogP contribution in [0.15, 0.2) is 24.3 Å². The average molecular weight is 388 g/mol. The molecule has 0 aliphatic carbocycles. The van der Waals surface area contributed by atoms with Crippen LogP contribution in [0, 0.1) is 0 Å². The van der Waals surface area contributed by atoms with E-state index in [-0.39, 0.29) is 5.21 Å². The van der Waals surface area contributed by atoms with Gasteiger partial charge in [-0.3, -0.25) is 0 Å². The average Bonchev–Trinajstić information content (AvgIpc) is 2.37. The summed E-state index contributed by atoms with van der Waals surface area (Å²) in [6.45, 7) is 0. The van der Waals surface area contributed by atoms with Gasteiger partial charge in [0, 0.05) is 0 Å². The first kappa shape index (κ1) is 16.3. The van der Waals surface area contributed by atoms with Crippen LogP contribution in [0.25, 0.3) is 0 Å². The van der Waals surface area contributed by atoms with Gasteiger partial charge in [0.1, 0.15) is 0 Å². The van der Waals surface area contributed by atoms with Crippen molar-refractivity contribution in [1.82, 2.24) is 0 Å². The van der Waals surface area contributed by atoms with Crippen molar-refractivity contribution < 1.29 is 19.4 Å². The Labute approximate surface area is 122 Å². The molecule has 0 spiro atoms. The summed E-state index contributed by atoms with van der Waals surface area (Å²) in [7, 11) is 1.59. The van der Waals surface area contributed by atoms with Gasteiger partial charge in [-0.05, 0) is 0 Å². The minimum atomic E-state index is -1.84. The van der Waals surface area contributed by atoms with Crippen LogP contribution in [-0.4, -0.2) is 52.1 Å². The summed E-state index contributed by atoms with van der Waals surface area (Å²) in [6, 6.07) is 7.46. The van der Waals surface area contributed by atoms with Crippen molar-refractivity contribution in [1.29, 1.82) is 0 Å². The molecule has 1 aromatic rings. The van der Waals surface area contributed by atoms with E-state index >= 15 is 0 Å². The normalized spacial score (nSPS) is 12.2. The van der Waals surface area contributed by atoms with Crippen LogP contribution in [-0.2, 0) is 9.59 Å². The molecule has 4 nitrogen and oxygen atoms in total. The van der Waals surface area contributed by atoms with Gasteiger partial charge < -0.3 is 0 Å². The van der Waals surface area contributed by atoms with E-state index in [4.69, 9.17) is 9.84 Å². The molecule has 104 valence electrons. The molecule has 19 heavy (non-hydrogen) atoms. The number of carboxylic acid groups (broad SMARTS) is 1. The van der Waals surface area contributed by atoms with Gasteiger partial charge in [-0.1, -0.05) is 0 Å². The number of hydrogen-bond acceptors (Lipinski definition) is 3. The Kier molecular flexibility index (Phi) is 6.68. The number of aliphatic carboxylic acids is 1. The molecular weight excluding hydrogens is 370 g/mol. The zero-order chi connectivity index (χ0) is 14.4. The van der Waals surface area contributed by atoms with Gasteiger partial charge in [0.05, 0.1) is 0 Å². The zero-order valence-corrected chi connectivity index (χ0v) is 15.0. The van der Waals surface area contributed by atoms with E-state index in [1.807, 2.05) is 35.7 Å². The van der Waals surface area contributed by atoms with E-state index in [1.54, 1.807) is 7.11 Å². The third kappa shape index (κ3) is 5.42. The molecular formula is C13H18As2O4. The molecule has 1 N–H and O–H groups in total. The van der Waals surface area contributed by atoms with E-state index in [1.165, 1.54) is 0 Å². The Morgan fingerprint density at radius 3 is 2.16 bits per heavy atom. The minimum absolute atomic E-state index is 0.132. The SMILES string of the molecule is COc1ccc([As](CC(=O)O)CC(=O)[As](C)C)cc1. The predicted molar refractivity (Wildman–Crippen MR) is 78.1 cm³/mol. The molecule has 0 radical (unpaired) electrons. The number of methoxy groups -OCH3 is 1. The number of ether oxygens (including phenoxy) is 1. The monoisotopic (exact) mass is 388 g/mol. The quantitative estimate of drug-likeness (QED) is 0.717. The fourth-order valence-electron chi connectivity index (χ4n) is 1.50. The summed E-state index contributed by atoms with van der Waals surface area (Å²) in [5.41, 5.74) is 3.99. The van der Waals surface area contributed by atoms with Crippen molar-refractivity contribution in [2.45, 2.75) is 21.8 Å². The summed E-state index contributed by atoms with van der Waals surface area (Å²) < 4.78 is 6.41. The molecule has 0 fully saturated rings. The van der Waals surface area contributed by atoms with Gasteiger partial charge in [-0.15, -0.1) is 0 Å². The number of rotatable bonds is 7. The van der Waals surface area contributed by atoms with Gasteiger partial charge in [0.25, 0.3) is 0 Å². The molecule has 0 aliphatic heterocycles. The molecule has 1 atom stereocenters. The van der Waals surface area contributed by atoms with Gasteiger partial charge in [0.2, 0.25) is 0 Å². The fraction of sp³-hybridized carbons (Fsp3) is 0.385. The standard InChI is InChI=1S/C13H18As2O4/c1-14(2)12(16)8-15(9-13(17)18)10-4-6-11(19-3)7-5-10/h4-7H,8-9H2,1-3H3,(H,17,18). The number of hydrogen-bond donors (Lipinski definition) is 1. The molecule has 0 saturated carbocycles. The zero-order valence-electron chi connectivity index (χ0n) is 11.3. The summed E-state index contributed by atoms with van der Waals surface area (Å²) in [5, 5.41) is 9.61. The molecule has 0 aliphatic rings. The molecule has 0 bridgehead atoms. The van der Waals surface area contributed by atoms with Gasteiger partial charge in [0.15, 0.2) is 0 Å². The van der Waals surface area contributed by atoms with Crippen molar-refractivity contribution in [3.8, 4) is 5.75 Å². The first-order valence-electron chi connectivity index (χ1n) is 5.75. The molecule has 1 rings (SSSR count). The summed E-state index contributed by atoms with van der Waals surface area (Å²) >= 11 is -3.23. The van der Waals surface area contributed by atoms with Gasteiger partial charge in [-0.25, -0.2) is 0 Å². The Morgan fingerprint density at radius 1 is 1.16 bits per heavy atom. The second-order valence-electron chi connectivity index (χ2n) is 4.24. The number of carbonyl (C=O) groups excluding carboxylic acids is 1. The second-order valence-corrected chi connectivity index (χ2v) is 13.7. The van der Waals surface area contributed by atoms with E-state index < -0.39 is 35.3 Å². The number of carbonyl (C=O) groups is 2. The Morgan fingerprint density at radius 2 is 1.74 bits per heavy atom. The molecule has 0 heterocycles. The van der Waals surface area contributed by atoms with E-state index in [2.05, 4.69) is 0 Å². The number of carboxylic acids is 1. The third-order valence-corrected chi connectivity index (χ3v) is 11.1. The van der Waals surface area contributed by atoms with Crippen LogP contribution in [0.4, 0.5) is 0 Å². The molecule has 1 unspecified atom stereocenters. The second kappa shape index (κ2) is 7.77. The number of benzene rings is 1. The van der Waals surface area contributed by atoms with Crippen molar-refractivity contribution >= 4 is 44.2 Å². The topological polar surface area (TPSA) is 63.6 Å². The first-order chi connectivity index (χ1) is 8.93. The summed E-state index contributed by atoms with van der Waals surface area (Å²) in [6.07, 6.45) is 0. The Balaban J connectivity index is 2.88. The Hall–Kier alpha value is -0.723. The van der Waals surface area contributed by atoms with Gasteiger partial charge in [-0.2, -0.15) is 0 Å². The predicted octanol–water partition coefficient (Wildman–Crippen LogP) is 1.34. The maximum absolute atomic E-state index is 11.9.